The van der Waals surface area contributed by atoms with Crippen LogP contribution in [0.4, 0.5) is 5.69 Å². The van der Waals surface area contributed by atoms with Crippen LogP contribution in [0.5, 0.6) is 0 Å². The highest BCUT2D eigenvalue weighted by Crippen LogP contribution is 2.56. The maximum absolute atomic E-state index is 10.2. The summed E-state index contributed by atoms with van der Waals surface area (Å²) in [6.07, 6.45) is 0. The van der Waals surface area contributed by atoms with E-state index in [1.54, 1.807) is 0 Å². The number of nitrogens with zero attached hydrogens (tertiary/aromatic N) is 9. The molecule has 0 fully saturated rings. The predicted octanol–water partition coefficient (Wildman–Crippen LogP) is 28.2. The number of nitriles is 1. The van der Waals surface area contributed by atoms with Gasteiger partial charge < -0.3 is 4.42 Å². The van der Waals surface area contributed by atoms with Crippen molar-refractivity contribution in [3.05, 3.63) is 399 Å². The number of para-hydroxylation sites is 2. The Bertz CT molecular complexity index is 7770. The summed E-state index contributed by atoms with van der Waals surface area (Å²) < 4.78 is 6.46. The lowest BCUT2D eigenvalue weighted by Crippen LogP contribution is -2.02. The number of rotatable bonds is 12. The number of aromatic nitrogens is 7. The molecule has 17 aromatic carbocycles. The van der Waals surface area contributed by atoms with Crippen molar-refractivity contribution in [2.24, 2.45) is 0 Å². The van der Waals surface area contributed by atoms with Gasteiger partial charge in [0.2, 0.25) is 0 Å². The largest absolute Gasteiger partial charge is 0.455 e. The Labute approximate surface area is 685 Å². The van der Waals surface area contributed by atoms with E-state index in [2.05, 4.69) is 260 Å². The van der Waals surface area contributed by atoms with Crippen molar-refractivity contribution in [2.75, 3.05) is 0 Å². The lowest BCUT2D eigenvalue weighted by molar-refractivity contribution is 0.669. The average Bonchev–Trinajstić information content (AvgIpc) is 1.57. The Hall–Kier alpha value is -16.5. The monoisotopic (exact) mass is 1510 g/mol. The van der Waals surface area contributed by atoms with E-state index in [0.717, 1.165) is 127 Å². The van der Waals surface area contributed by atoms with Crippen LogP contribution < -0.4 is 0 Å². The number of hydrogen-bond donors (Lipinski definition) is 0. The molecule has 4 heterocycles. The summed E-state index contributed by atoms with van der Waals surface area (Å²) in [7, 11) is 0. The fourth-order valence-corrected chi connectivity index (χ4v) is 17.7. The Morgan fingerprint density at radius 1 is 0.235 bits per heavy atom. The lowest BCUT2D eigenvalue weighted by atomic mass is 9.85. The molecule has 0 atom stereocenters. The molecule has 0 radical (unpaired) electrons. The molecule has 10 nitrogen and oxygen atoms in total. The van der Waals surface area contributed by atoms with Crippen molar-refractivity contribution in [3.8, 4) is 186 Å². The van der Waals surface area contributed by atoms with Gasteiger partial charge >= 0.3 is 0 Å². The second kappa shape index (κ2) is 28.8. The maximum atomic E-state index is 10.2. The van der Waals surface area contributed by atoms with Crippen LogP contribution in [-0.4, -0.2) is 34.9 Å². The third kappa shape index (κ3) is 11.9. The summed E-state index contributed by atoms with van der Waals surface area (Å²) in [6, 6.07) is 134. The van der Waals surface area contributed by atoms with Crippen molar-refractivity contribution in [1.82, 2.24) is 34.9 Å². The quantitative estimate of drug-likeness (QED) is 0.110. The molecule has 119 heavy (non-hydrogen) atoms. The van der Waals surface area contributed by atoms with Crippen LogP contribution in [0.25, 0.3) is 239 Å². The van der Waals surface area contributed by atoms with Crippen molar-refractivity contribution < 1.29 is 4.42 Å². The topological polar surface area (TPSA) is 132 Å². The minimum Gasteiger partial charge on any atom is -0.455 e. The lowest BCUT2D eigenvalue weighted by Gasteiger charge is -2.19. The minimum absolute atomic E-state index is 0.454. The highest BCUT2D eigenvalue weighted by Gasteiger charge is 2.30. The van der Waals surface area contributed by atoms with Gasteiger partial charge in [0.1, 0.15) is 16.9 Å². The molecule has 0 amide bonds. The van der Waals surface area contributed by atoms with Gasteiger partial charge in [0.25, 0.3) is 0 Å². The fraction of sp³-hybridized carbons (Fsp3) is 0. The Morgan fingerprint density at radius 3 is 1.16 bits per heavy atom. The van der Waals surface area contributed by atoms with Gasteiger partial charge in [0.05, 0.1) is 29.5 Å². The smallest absolute Gasteiger partial charge is 0.187 e. The molecule has 4 aromatic heterocycles. The van der Waals surface area contributed by atoms with E-state index < -0.39 is 0 Å². The molecule has 21 aromatic rings. The zero-order chi connectivity index (χ0) is 79.0. The molecule has 550 valence electrons. The van der Waals surface area contributed by atoms with Gasteiger partial charge in [0, 0.05) is 49.5 Å². The van der Waals surface area contributed by atoms with Crippen LogP contribution in [0, 0.1) is 17.9 Å². The highest BCUT2D eigenvalue weighted by atomic mass is 16.3. The van der Waals surface area contributed by atoms with Gasteiger partial charge in [-0.05, 0) is 158 Å². The normalized spacial score (nSPS) is 11.5. The average molecular weight is 1510 g/mol. The van der Waals surface area contributed by atoms with Crippen molar-refractivity contribution in [3.63, 3.8) is 0 Å². The summed E-state index contributed by atoms with van der Waals surface area (Å²) in [5.41, 5.74) is 29.9. The Morgan fingerprint density at radius 2 is 0.605 bits per heavy atom. The zero-order valence-corrected chi connectivity index (χ0v) is 63.8. The first-order valence-corrected chi connectivity index (χ1v) is 39.6. The molecule has 0 unspecified atom stereocenters. The summed E-state index contributed by atoms with van der Waals surface area (Å²) in [5.74, 6) is 3.36. The second-order valence-electron chi connectivity index (χ2n) is 29.8. The third-order valence-electron chi connectivity index (χ3n) is 23.1. The molecule has 0 aliphatic heterocycles. The molecule has 0 N–H and O–H groups in total. The van der Waals surface area contributed by atoms with Crippen LogP contribution >= 0.6 is 0 Å². The molecular formula is C109H63N9O. The van der Waals surface area contributed by atoms with Crippen LogP contribution in [-0.2, 0) is 0 Å². The maximum Gasteiger partial charge on any atom is 0.187 e. The number of pyridine rings is 1. The first-order chi connectivity index (χ1) is 58.9. The molecule has 10 heteroatoms. The molecule has 2 aliphatic carbocycles. The molecule has 23 rings (SSSR count). The van der Waals surface area contributed by atoms with Crippen LogP contribution in [0.15, 0.2) is 387 Å². The zero-order valence-electron chi connectivity index (χ0n) is 63.8. The van der Waals surface area contributed by atoms with E-state index in [9.17, 15) is 5.26 Å². The van der Waals surface area contributed by atoms with E-state index in [1.807, 2.05) is 133 Å². The van der Waals surface area contributed by atoms with Gasteiger partial charge in [-0.2, -0.15) is 5.26 Å². The van der Waals surface area contributed by atoms with Crippen LogP contribution in [0.2, 0.25) is 0 Å². The molecule has 0 saturated heterocycles. The molecule has 2 aliphatic rings. The second-order valence-corrected chi connectivity index (χ2v) is 29.8. The summed E-state index contributed by atoms with van der Waals surface area (Å²) >= 11 is 0. The van der Waals surface area contributed by atoms with Gasteiger partial charge in [-0.3, -0.25) is 0 Å². The molecule has 0 bridgehead atoms. The van der Waals surface area contributed by atoms with Crippen molar-refractivity contribution in [1.29, 1.82) is 5.26 Å². The first-order valence-electron chi connectivity index (χ1n) is 39.6. The third-order valence-corrected chi connectivity index (χ3v) is 23.1. The van der Waals surface area contributed by atoms with Gasteiger partial charge in [-0.1, -0.05) is 346 Å². The first kappa shape index (κ1) is 69.2. The van der Waals surface area contributed by atoms with Gasteiger partial charge in [-0.25, -0.2) is 39.7 Å². The van der Waals surface area contributed by atoms with Crippen LogP contribution in [0.3, 0.4) is 0 Å². The summed E-state index contributed by atoms with van der Waals surface area (Å²) in [6.45, 7) is 7.52. The number of furan rings is 1. The molecular weight excluding hydrogens is 1450 g/mol. The van der Waals surface area contributed by atoms with E-state index in [1.165, 1.54) is 66.1 Å². The highest BCUT2D eigenvalue weighted by molar-refractivity contribution is 6.25. The van der Waals surface area contributed by atoms with E-state index >= 15 is 0 Å². The van der Waals surface area contributed by atoms with Gasteiger partial charge in [0.15, 0.2) is 40.6 Å². The van der Waals surface area contributed by atoms with E-state index in [4.69, 9.17) is 45.9 Å². The molecule has 0 saturated carbocycles. The Kier molecular flexibility index (Phi) is 16.8. The SMILES string of the molecule is N#Cc1ccccc1-c1ccccc1-c1ccc2c3c(ccc(-c4cccc(-c5nc(-c6ccccc6)nc(-c6cccc7c6oc6ccccc67)n5)n4)c13)-c1ccccc1-2.[C-]#[N+]c1ccc(-c2ccccc2-c2ccc3c4c(ccc(-c5ccccc5-c5nc(-c6ccccc6)nc(-c6ccc7ccccc7c6)n5)c24)-c2ccccc2-3)cc1. The number of hydrogen-bond acceptors (Lipinski definition) is 9. The van der Waals surface area contributed by atoms with Crippen molar-refractivity contribution >= 4 is 59.9 Å². The van der Waals surface area contributed by atoms with Crippen LogP contribution in [0.1, 0.15) is 5.56 Å². The van der Waals surface area contributed by atoms with E-state index in [-0.39, 0.29) is 0 Å². The summed E-state index contributed by atoms with van der Waals surface area (Å²) in [5, 5.41) is 19.2. The minimum atomic E-state index is 0.454. The molecule has 0 spiro atoms. The fourth-order valence-electron chi connectivity index (χ4n) is 17.7. The number of fused-ring (bicyclic) bond motifs is 10. The van der Waals surface area contributed by atoms with Crippen molar-refractivity contribution in [2.45, 2.75) is 0 Å². The standard InChI is InChI=1S/C55H31N5O.C54H32N4/c56-32-34-16-4-5-17-35(34)36-18-6-7-19-37(36)43-29-28-41-38-20-8-9-21-39(38)42-30-31-45(51(43)50(41)42)47-25-13-26-48(57-47)55-59-53(33-14-2-1-3-15-33)58-54(60-55)46-24-12-23-44-40-22-10-11-27-49(40)61-52(44)46;1-55-39-27-25-35(26-28-39)40-17-7-8-18-41(40)45-29-30-46-42-19-9-10-20-43(42)47-31-32-48(50(45)51(46)47)44-21-11-12-22-49(44)54-57-52(36-14-3-2-4-15-36)56-53(58-54)38-24-23-34-13-5-6-16-37(34)33-38/h1-31H;2-33H. The van der Waals surface area contributed by atoms with E-state index in [0.29, 0.717) is 51.9 Å². The Balaban J connectivity index is 0.000000143. The predicted molar refractivity (Wildman–Crippen MR) is 482 cm³/mol. The summed E-state index contributed by atoms with van der Waals surface area (Å²) in [4.78, 5) is 39.8. The number of benzene rings is 17. The van der Waals surface area contributed by atoms with Gasteiger partial charge in [-0.15, -0.1) is 0 Å².